The number of rotatable bonds is 8. The zero-order chi connectivity index (χ0) is 21.7. The number of benzene rings is 1. The highest BCUT2D eigenvalue weighted by Gasteiger charge is 2.37. The van der Waals surface area contributed by atoms with Gasteiger partial charge >= 0.3 is 5.97 Å². The van der Waals surface area contributed by atoms with Crippen molar-refractivity contribution in [2.75, 3.05) is 32.3 Å². The first kappa shape index (κ1) is 22.5. The van der Waals surface area contributed by atoms with E-state index in [9.17, 15) is 14.4 Å². The fourth-order valence-electron chi connectivity index (χ4n) is 3.60. The van der Waals surface area contributed by atoms with Crippen LogP contribution in [-0.2, 0) is 19.1 Å². The summed E-state index contributed by atoms with van der Waals surface area (Å²) in [5.41, 5.74) is 0.565. The van der Waals surface area contributed by atoms with Gasteiger partial charge in [-0.3, -0.25) is 14.4 Å². The SMILES string of the molecule is COc1ccc(N2C[C@H](C(=O)OCC(=O)N(C(C)C)C(C)C)CC2=O)c(OC)c1. The lowest BCUT2D eigenvalue weighted by atomic mass is 10.1. The number of hydrogen-bond donors (Lipinski definition) is 0. The molecule has 8 nitrogen and oxygen atoms in total. The highest BCUT2D eigenvalue weighted by atomic mass is 16.5. The van der Waals surface area contributed by atoms with Crippen LogP contribution >= 0.6 is 0 Å². The van der Waals surface area contributed by atoms with Crippen molar-refractivity contribution in [2.45, 2.75) is 46.2 Å². The number of methoxy groups -OCH3 is 2. The summed E-state index contributed by atoms with van der Waals surface area (Å²) < 4.78 is 15.8. The third kappa shape index (κ3) is 5.19. The summed E-state index contributed by atoms with van der Waals surface area (Å²) in [4.78, 5) is 40.5. The van der Waals surface area contributed by atoms with E-state index in [1.807, 2.05) is 27.7 Å². The van der Waals surface area contributed by atoms with Crippen molar-refractivity contribution in [1.82, 2.24) is 4.90 Å². The zero-order valence-corrected chi connectivity index (χ0v) is 17.9. The lowest BCUT2D eigenvalue weighted by molar-refractivity contribution is -0.156. The molecule has 1 atom stereocenters. The van der Waals surface area contributed by atoms with Crippen molar-refractivity contribution in [3.63, 3.8) is 0 Å². The third-order valence-electron chi connectivity index (χ3n) is 4.87. The maximum Gasteiger partial charge on any atom is 0.311 e. The van der Waals surface area contributed by atoms with Crippen LogP contribution in [0.4, 0.5) is 5.69 Å². The van der Waals surface area contributed by atoms with Crippen molar-refractivity contribution in [3.05, 3.63) is 18.2 Å². The van der Waals surface area contributed by atoms with E-state index < -0.39 is 11.9 Å². The Bertz CT molecular complexity index is 754. The molecule has 1 aromatic rings. The number of esters is 1. The molecule has 160 valence electrons. The molecule has 1 aliphatic heterocycles. The van der Waals surface area contributed by atoms with Gasteiger partial charge in [-0.25, -0.2) is 0 Å². The van der Waals surface area contributed by atoms with Crippen molar-refractivity contribution in [3.8, 4) is 11.5 Å². The Morgan fingerprint density at radius 3 is 2.34 bits per heavy atom. The second-order valence-corrected chi connectivity index (χ2v) is 7.54. The summed E-state index contributed by atoms with van der Waals surface area (Å²) in [6, 6.07) is 5.14. The molecule has 0 aliphatic carbocycles. The summed E-state index contributed by atoms with van der Waals surface area (Å²) in [6.07, 6.45) is 0.0281. The van der Waals surface area contributed by atoms with Gasteiger partial charge in [0.2, 0.25) is 5.91 Å². The van der Waals surface area contributed by atoms with Gasteiger partial charge in [0.05, 0.1) is 25.8 Å². The molecule has 8 heteroatoms. The topological polar surface area (TPSA) is 85.4 Å². The Morgan fingerprint density at radius 2 is 1.79 bits per heavy atom. The molecule has 1 heterocycles. The molecule has 0 spiro atoms. The first-order chi connectivity index (χ1) is 13.7. The summed E-state index contributed by atoms with van der Waals surface area (Å²) in [5, 5.41) is 0. The molecule has 0 N–H and O–H groups in total. The van der Waals surface area contributed by atoms with Crippen LogP contribution in [0.25, 0.3) is 0 Å². The summed E-state index contributed by atoms with van der Waals surface area (Å²) in [6.45, 7) is 7.49. The van der Waals surface area contributed by atoms with E-state index in [0.29, 0.717) is 17.2 Å². The van der Waals surface area contributed by atoms with Crippen molar-refractivity contribution in [2.24, 2.45) is 5.92 Å². The average molecular weight is 406 g/mol. The predicted molar refractivity (Wildman–Crippen MR) is 108 cm³/mol. The second kappa shape index (κ2) is 9.62. The molecular weight excluding hydrogens is 376 g/mol. The van der Waals surface area contributed by atoms with E-state index in [2.05, 4.69) is 0 Å². The fraction of sp³-hybridized carbons (Fsp3) is 0.571. The molecule has 0 unspecified atom stereocenters. The molecule has 0 aromatic heterocycles. The van der Waals surface area contributed by atoms with E-state index in [1.54, 1.807) is 30.2 Å². The Balaban J connectivity index is 2.03. The summed E-state index contributed by atoms with van der Waals surface area (Å²) in [5.74, 6) is -0.546. The molecule has 1 fully saturated rings. The smallest absolute Gasteiger partial charge is 0.311 e. The van der Waals surface area contributed by atoms with Gasteiger partial charge < -0.3 is 24.0 Å². The lowest BCUT2D eigenvalue weighted by Crippen LogP contribution is -2.44. The maximum absolute atomic E-state index is 12.5. The quantitative estimate of drug-likeness (QED) is 0.616. The summed E-state index contributed by atoms with van der Waals surface area (Å²) in [7, 11) is 3.05. The molecule has 0 saturated carbocycles. The maximum atomic E-state index is 12.5. The molecule has 2 rings (SSSR count). The highest BCUT2D eigenvalue weighted by Crippen LogP contribution is 2.36. The molecule has 0 radical (unpaired) electrons. The monoisotopic (exact) mass is 406 g/mol. The van der Waals surface area contributed by atoms with Gasteiger partial charge in [0.15, 0.2) is 6.61 Å². The average Bonchev–Trinajstić information content (AvgIpc) is 3.06. The molecule has 2 amide bonds. The standard InChI is InChI=1S/C21H30N2O6/c1-13(2)23(14(3)4)20(25)12-29-21(26)15-9-19(24)22(11-15)17-8-7-16(27-5)10-18(17)28-6/h7-8,10,13-15H,9,11-12H2,1-6H3/t15-/m1/s1. The molecular formula is C21H30N2O6. The van der Waals surface area contributed by atoms with Crippen LogP contribution in [0.1, 0.15) is 34.1 Å². The van der Waals surface area contributed by atoms with Gasteiger partial charge in [-0.15, -0.1) is 0 Å². The zero-order valence-electron chi connectivity index (χ0n) is 17.9. The Morgan fingerprint density at radius 1 is 1.14 bits per heavy atom. The minimum atomic E-state index is -0.631. The molecule has 1 aliphatic rings. The van der Waals surface area contributed by atoms with E-state index >= 15 is 0 Å². The van der Waals surface area contributed by atoms with Crippen LogP contribution < -0.4 is 14.4 Å². The van der Waals surface area contributed by atoms with Gasteiger partial charge in [0.25, 0.3) is 5.91 Å². The van der Waals surface area contributed by atoms with E-state index in [1.165, 1.54) is 12.0 Å². The second-order valence-electron chi connectivity index (χ2n) is 7.54. The number of hydrogen-bond acceptors (Lipinski definition) is 6. The number of nitrogens with zero attached hydrogens (tertiary/aromatic N) is 2. The minimum absolute atomic E-state index is 0.00675. The Kier molecular flexibility index (Phi) is 7.47. The highest BCUT2D eigenvalue weighted by molar-refractivity contribution is 6.00. The number of amides is 2. The minimum Gasteiger partial charge on any atom is -0.497 e. The van der Waals surface area contributed by atoms with Gasteiger partial charge in [-0.05, 0) is 39.8 Å². The first-order valence-electron chi connectivity index (χ1n) is 9.69. The van der Waals surface area contributed by atoms with Crippen molar-refractivity contribution < 1.29 is 28.6 Å². The molecule has 1 saturated heterocycles. The summed E-state index contributed by atoms with van der Waals surface area (Å²) >= 11 is 0. The van der Waals surface area contributed by atoms with E-state index in [0.717, 1.165) is 0 Å². The van der Waals surface area contributed by atoms with Crippen LogP contribution in [0.2, 0.25) is 0 Å². The Hall–Kier alpha value is -2.77. The van der Waals surface area contributed by atoms with Crippen LogP contribution in [0.5, 0.6) is 11.5 Å². The van der Waals surface area contributed by atoms with E-state index in [-0.39, 0.29) is 43.5 Å². The Labute approximate surface area is 171 Å². The van der Waals surface area contributed by atoms with Crippen molar-refractivity contribution in [1.29, 1.82) is 0 Å². The predicted octanol–water partition coefficient (Wildman–Crippen LogP) is 2.25. The third-order valence-corrected chi connectivity index (χ3v) is 4.87. The van der Waals surface area contributed by atoms with Crippen LogP contribution in [-0.4, -0.2) is 62.1 Å². The van der Waals surface area contributed by atoms with Crippen LogP contribution in [0.15, 0.2) is 18.2 Å². The van der Waals surface area contributed by atoms with Gasteiger partial charge in [-0.2, -0.15) is 0 Å². The largest absolute Gasteiger partial charge is 0.497 e. The number of ether oxygens (including phenoxy) is 3. The first-order valence-corrected chi connectivity index (χ1v) is 9.69. The van der Waals surface area contributed by atoms with Crippen LogP contribution in [0.3, 0.4) is 0 Å². The number of carbonyl (C=O) groups is 3. The normalized spacial score (nSPS) is 16.3. The molecule has 1 aromatic carbocycles. The number of anilines is 1. The van der Waals surface area contributed by atoms with E-state index in [4.69, 9.17) is 14.2 Å². The van der Waals surface area contributed by atoms with Gasteiger partial charge in [-0.1, -0.05) is 0 Å². The van der Waals surface area contributed by atoms with Crippen LogP contribution in [0, 0.1) is 5.92 Å². The molecule has 29 heavy (non-hydrogen) atoms. The van der Waals surface area contributed by atoms with Crippen molar-refractivity contribution >= 4 is 23.5 Å². The molecule has 0 bridgehead atoms. The van der Waals surface area contributed by atoms with Gasteiger partial charge in [0, 0.05) is 31.1 Å². The fourth-order valence-corrected chi connectivity index (χ4v) is 3.60. The van der Waals surface area contributed by atoms with Gasteiger partial charge in [0.1, 0.15) is 11.5 Å². The lowest BCUT2D eigenvalue weighted by Gasteiger charge is -2.30. The number of carbonyl (C=O) groups excluding carboxylic acids is 3.